The second-order valence-electron chi connectivity index (χ2n) is 4.99. The predicted octanol–water partition coefficient (Wildman–Crippen LogP) is 3.38. The number of carbonyl (C=O) groups excluding carboxylic acids is 2. The summed E-state index contributed by atoms with van der Waals surface area (Å²) >= 11 is 0. The Balaban J connectivity index is 1.74. The molecule has 5 heteroatoms. The van der Waals surface area contributed by atoms with Crippen LogP contribution in [-0.2, 0) is 4.79 Å². The van der Waals surface area contributed by atoms with E-state index in [4.69, 9.17) is 0 Å². The first-order valence-electron chi connectivity index (χ1n) is 6.88. The average Bonchev–Trinajstić information content (AvgIpc) is 2.95. The number of aromatic nitrogens is 1. The second-order valence-corrected chi connectivity index (χ2v) is 4.99. The number of amides is 2. The Labute approximate surface area is 127 Å². The van der Waals surface area contributed by atoms with Gasteiger partial charge in [0.1, 0.15) is 0 Å². The number of anilines is 2. The highest BCUT2D eigenvalue weighted by Crippen LogP contribution is 2.19. The lowest BCUT2D eigenvalue weighted by Crippen LogP contribution is -2.12. The summed E-state index contributed by atoms with van der Waals surface area (Å²) in [5, 5.41) is 6.56. The third-order valence-electron chi connectivity index (χ3n) is 3.28. The van der Waals surface area contributed by atoms with Crippen molar-refractivity contribution in [2.24, 2.45) is 0 Å². The molecule has 0 saturated carbocycles. The van der Waals surface area contributed by atoms with Crippen LogP contribution in [0, 0.1) is 0 Å². The van der Waals surface area contributed by atoms with Crippen LogP contribution < -0.4 is 10.6 Å². The Morgan fingerprint density at radius 3 is 2.36 bits per heavy atom. The zero-order chi connectivity index (χ0) is 15.5. The van der Waals surface area contributed by atoms with E-state index in [2.05, 4.69) is 15.6 Å². The molecule has 0 bridgehead atoms. The van der Waals surface area contributed by atoms with E-state index in [1.807, 2.05) is 30.5 Å². The molecule has 5 nitrogen and oxygen atoms in total. The number of nitrogens with one attached hydrogen (secondary N) is 3. The van der Waals surface area contributed by atoms with Gasteiger partial charge >= 0.3 is 0 Å². The van der Waals surface area contributed by atoms with Crippen molar-refractivity contribution in [3.05, 3.63) is 60.3 Å². The third-order valence-corrected chi connectivity index (χ3v) is 3.28. The van der Waals surface area contributed by atoms with Crippen LogP contribution in [0.1, 0.15) is 17.3 Å². The fourth-order valence-electron chi connectivity index (χ4n) is 2.24. The smallest absolute Gasteiger partial charge is 0.255 e. The van der Waals surface area contributed by atoms with Crippen molar-refractivity contribution in [2.75, 3.05) is 10.6 Å². The van der Waals surface area contributed by atoms with Crippen molar-refractivity contribution in [3.8, 4) is 0 Å². The van der Waals surface area contributed by atoms with Gasteiger partial charge in [0.2, 0.25) is 5.91 Å². The molecule has 0 atom stereocenters. The van der Waals surface area contributed by atoms with Crippen LogP contribution in [0.3, 0.4) is 0 Å². The highest BCUT2D eigenvalue weighted by molar-refractivity contribution is 6.05. The highest BCUT2D eigenvalue weighted by Gasteiger charge is 2.07. The minimum Gasteiger partial charge on any atom is -0.361 e. The maximum absolute atomic E-state index is 12.2. The third kappa shape index (κ3) is 2.98. The van der Waals surface area contributed by atoms with Gasteiger partial charge in [-0.3, -0.25) is 9.59 Å². The Morgan fingerprint density at radius 1 is 0.909 bits per heavy atom. The van der Waals surface area contributed by atoms with Crippen molar-refractivity contribution in [1.29, 1.82) is 0 Å². The van der Waals surface area contributed by atoms with Crippen LogP contribution >= 0.6 is 0 Å². The number of H-pyrrole nitrogens is 1. The zero-order valence-corrected chi connectivity index (χ0v) is 12.0. The first-order chi connectivity index (χ1) is 10.6. The molecule has 0 spiro atoms. The van der Waals surface area contributed by atoms with Crippen molar-refractivity contribution in [2.45, 2.75) is 6.92 Å². The molecular weight excluding hydrogens is 278 g/mol. The van der Waals surface area contributed by atoms with Crippen molar-refractivity contribution >= 4 is 34.1 Å². The van der Waals surface area contributed by atoms with Gasteiger partial charge in [-0.1, -0.05) is 0 Å². The van der Waals surface area contributed by atoms with E-state index in [0.29, 0.717) is 11.3 Å². The minimum atomic E-state index is -0.190. The Hall–Kier alpha value is -3.08. The molecule has 0 radical (unpaired) electrons. The van der Waals surface area contributed by atoms with Gasteiger partial charge in [-0.15, -0.1) is 0 Å². The lowest BCUT2D eigenvalue weighted by atomic mass is 10.1. The van der Waals surface area contributed by atoms with Crippen LogP contribution in [0.5, 0.6) is 0 Å². The molecule has 1 aromatic heterocycles. The normalized spacial score (nSPS) is 10.4. The van der Waals surface area contributed by atoms with E-state index in [0.717, 1.165) is 16.6 Å². The summed E-state index contributed by atoms with van der Waals surface area (Å²) in [6.45, 7) is 1.44. The largest absolute Gasteiger partial charge is 0.361 e. The lowest BCUT2D eigenvalue weighted by Gasteiger charge is -2.07. The molecule has 3 rings (SSSR count). The number of fused-ring (bicyclic) bond motifs is 1. The van der Waals surface area contributed by atoms with E-state index >= 15 is 0 Å². The van der Waals surface area contributed by atoms with Crippen molar-refractivity contribution in [1.82, 2.24) is 4.98 Å². The molecule has 0 aliphatic heterocycles. The Morgan fingerprint density at radius 2 is 1.64 bits per heavy atom. The molecule has 0 unspecified atom stereocenters. The van der Waals surface area contributed by atoms with Gasteiger partial charge in [0.25, 0.3) is 5.91 Å². The number of hydrogen-bond donors (Lipinski definition) is 3. The molecular formula is C17H15N3O2. The first-order valence-corrected chi connectivity index (χ1v) is 6.88. The molecule has 3 aromatic rings. The van der Waals surface area contributed by atoms with E-state index < -0.39 is 0 Å². The van der Waals surface area contributed by atoms with Crippen molar-refractivity contribution < 1.29 is 9.59 Å². The fraction of sp³-hybridized carbons (Fsp3) is 0.0588. The maximum atomic E-state index is 12.2. The van der Waals surface area contributed by atoms with E-state index in [1.165, 1.54) is 6.92 Å². The summed E-state index contributed by atoms with van der Waals surface area (Å²) in [5.41, 5.74) is 2.96. The van der Waals surface area contributed by atoms with Crippen LogP contribution in [0.4, 0.5) is 11.4 Å². The molecule has 22 heavy (non-hydrogen) atoms. The van der Waals surface area contributed by atoms with Crippen LogP contribution in [0.2, 0.25) is 0 Å². The summed E-state index contributed by atoms with van der Waals surface area (Å²) in [5.74, 6) is -0.332. The van der Waals surface area contributed by atoms with E-state index in [1.54, 1.807) is 24.3 Å². The van der Waals surface area contributed by atoms with Gasteiger partial charge in [-0.2, -0.15) is 0 Å². The molecule has 0 fully saturated rings. The number of aromatic amines is 1. The van der Waals surface area contributed by atoms with E-state index in [9.17, 15) is 9.59 Å². The SMILES string of the molecule is CC(=O)Nc1ccc(C(=O)Nc2ccc3[nH]ccc3c2)cc1. The maximum Gasteiger partial charge on any atom is 0.255 e. The second kappa shape index (κ2) is 5.73. The lowest BCUT2D eigenvalue weighted by molar-refractivity contribution is -0.114. The van der Waals surface area contributed by atoms with Crippen molar-refractivity contribution in [3.63, 3.8) is 0 Å². The summed E-state index contributed by atoms with van der Waals surface area (Å²) in [6.07, 6.45) is 1.86. The van der Waals surface area contributed by atoms with Gasteiger partial charge in [0.05, 0.1) is 0 Å². The number of rotatable bonds is 3. The van der Waals surface area contributed by atoms with E-state index in [-0.39, 0.29) is 11.8 Å². The molecule has 3 N–H and O–H groups in total. The summed E-state index contributed by atoms with van der Waals surface area (Å²) < 4.78 is 0. The van der Waals surface area contributed by atoms with Crippen LogP contribution in [0.15, 0.2) is 54.7 Å². The average molecular weight is 293 g/mol. The van der Waals surface area contributed by atoms with Crippen LogP contribution in [0.25, 0.3) is 10.9 Å². The molecule has 2 aromatic carbocycles. The minimum absolute atomic E-state index is 0.142. The molecule has 110 valence electrons. The number of benzene rings is 2. The topological polar surface area (TPSA) is 74.0 Å². The quantitative estimate of drug-likeness (QED) is 0.692. The molecule has 0 saturated heterocycles. The molecule has 1 heterocycles. The predicted molar refractivity (Wildman–Crippen MR) is 87.0 cm³/mol. The molecule has 0 aliphatic carbocycles. The van der Waals surface area contributed by atoms with Gasteiger partial charge < -0.3 is 15.6 Å². The molecule has 0 aliphatic rings. The summed E-state index contributed by atoms with van der Waals surface area (Å²) in [4.78, 5) is 26.3. The Bertz CT molecular complexity index is 834. The number of carbonyl (C=O) groups is 2. The summed E-state index contributed by atoms with van der Waals surface area (Å²) in [7, 11) is 0. The fourth-order valence-corrected chi connectivity index (χ4v) is 2.24. The Kier molecular flexibility index (Phi) is 3.62. The van der Waals surface area contributed by atoms with Gasteiger partial charge in [0.15, 0.2) is 0 Å². The van der Waals surface area contributed by atoms with Gasteiger partial charge in [0, 0.05) is 41.0 Å². The monoisotopic (exact) mass is 293 g/mol. The van der Waals surface area contributed by atoms with Gasteiger partial charge in [-0.25, -0.2) is 0 Å². The molecule has 2 amide bonds. The summed E-state index contributed by atoms with van der Waals surface area (Å²) in [6, 6.07) is 14.4. The van der Waals surface area contributed by atoms with Gasteiger partial charge in [-0.05, 0) is 48.5 Å². The number of hydrogen-bond acceptors (Lipinski definition) is 2. The first kappa shape index (κ1) is 13.9. The zero-order valence-electron chi connectivity index (χ0n) is 12.0. The highest BCUT2D eigenvalue weighted by atomic mass is 16.2. The standard InChI is InChI=1S/C17H15N3O2/c1-11(21)19-14-4-2-12(3-5-14)17(22)20-15-6-7-16-13(10-15)8-9-18-16/h2-10,18H,1H3,(H,19,21)(H,20,22). The van der Waals surface area contributed by atoms with Crippen LogP contribution in [-0.4, -0.2) is 16.8 Å².